The molecule has 1 atom stereocenters. The predicted octanol–water partition coefficient (Wildman–Crippen LogP) is 3.20. The van der Waals surface area contributed by atoms with Gasteiger partial charge in [-0.15, -0.1) is 0 Å². The normalized spacial score (nSPS) is 12.2. The third-order valence-electron chi connectivity index (χ3n) is 4.46. The van der Waals surface area contributed by atoms with Crippen LogP contribution in [0.4, 0.5) is 5.69 Å². The molecule has 0 saturated carbocycles. The van der Waals surface area contributed by atoms with Gasteiger partial charge in [0.1, 0.15) is 5.52 Å². The number of aromatic nitrogens is 3. The molecular formula is C19H18N4O4S. The second-order valence-corrected chi connectivity index (χ2v) is 6.84. The standard InChI is InChI=1S/C19H18N4O4S/c1-26-17-7-14-15(8-18(17)27-2)20-9-16-19(14)23(11-21-16)10-12-3-5-13(6-4-12)22-28(24)25/h3-9,11,22H,10H2,1-2H3,(H,24,25). The smallest absolute Gasteiger partial charge is 0.259 e. The fourth-order valence-corrected chi connectivity index (χ4v) is 3.51. The Kier molecular flexibility index (Phi) is 4.84. The van der Waals surface area contributed by atoms with E-state index in [9.17, 15) is 4.21 Å². The number of nitrogens with one attached hydrogen (secondary N) is 1. The molecule has 0 amide bonds. The van der Waals surface area contributed by atoms with Gasteiger partial charge in [0.25, 0.3) is 11.3 Å². The number of ether oxygens (including phenoxy) is 2. The number of benzene rings is 2. The lowest BCUT2D eigenvalue weighted by Crippen LogP contribution is -2.03. The first-order valence-electron chi connectivity index (χ1n) is 8.41. The Hall–Kier alpha value is -3.17. The van der Waals surface area contributed by atoms with Gasteiger partial charge in [-0.05, 0) is 23.8 Å². The number of nitrogens with zero attached hydrogens (tertiary/aromatic N) is 3. The van der Waals surface area contributed by atoms with Gasteiger partial charge in [-0.25, -0.2) is 9.19 Å². The van der Waals surface area contributed by atoms with Crippen molar-refractivity contribution in [2.45, 2.75) is 6.54 Å². The third kappa shape index (κ3) is 3.37. The van der Waals surface area contributed by atoms with Crippen molar-refractivity contribution in [3.63, 3.8) is 0 Å². The van der Waals surface area contributed by atoms with Gasteiger partial charge in [-0.2, -0.15) is 0 Å². The van der Waals surface area contributed by atoms with Crippen molar-refractivity contribution < 1.29 is 18.2 Å². The highest BCUT2D eigenvalue weighted by atomic mass is 32.2. The second kappa shape index (κ2) is 7.45. The molecule has 0 aliphatic rings. The van der Waals surface area contributed by atoms with Gasteiger partial charge in [0.2, 0.25) is 0 Å². The number of methoxy groups -OCH3 is 2. The molecule has 144 valence electrons. The monoisotopic (exact) mass is 398 g/mol. The summed E-state index contributed by atoms with van der Waals surface area (Å²) in [4.78, 5) is 8.94. The average Bonchev–Trinajstić information content (AvgIpc) is 3.11. The van der Waals surface area contributed by atoms with Crippen LogP contribution in [0.3, 0.4) is 0 Å². The summed E-state index contributed by atoms with van der Waals surface area (Å²) in [5, 5.41) is 0.918. The highest BCUT2D eigenvalue weighted by Gasteiger charge is 2.13. The molecule has 2 aromatic carbocycles. The second-order valence-electron chi connectivity index (χ2n) is 6.14. The van der Waals surface area contributed by atoms with Crippen LogP contribution in [0.5, 0.6) is 11.5 Å². The maximum atomic E-state index is 10.8. The predicted molar refractivity (Wildman–Crippen MR) is 108 cm³/mol. The molecule has 0 fully saturated rings. The summed E-state index contributed by atoms with van der Waals surface area (Å²) < 4.78 is 35.0. The van der Waals surface area contributed by atoms with E-state index in [1.807, 2.05) is 28.8 Å². The number of hydrogen-bond donors (Lipinski definition) is 2. The van der Waals surface area contributed by atoms with Crippen molar-refractivity contribution in [1.29, 1.82) is 0 Å². The van der Waals surface area contributed by atoms with Crippen LogP contribution in [0.15, 0.2) is 48.9 Å². The van der Waals surface area contributed by atoms with Gasteiger partial charge < -0.3 is 14.0 Å². The number of hydrogen-bond acceptors (Lipinski definition) is 5. The number of fused-ring (bicyclic) bond motifs is 3. The molecule has 2 N–H and O–H groups in total. The van der Waals surface area contributed by atoms with Gasteiger partial charge in [0.15, 0.2) is 11.5 Å². The summed E-state index contributed by atoms with van der Waals surface area (Å²) in [7, 11) is 3.20. The SMILES string of the molecule is COc1cc2ncc3ncn(Cc4ccc(NS(=O)O)cc4)c3c2cc1OC. The van der Waals surface area contributed by atoms with Gasteiger partial charge in [0, 0.05) is 23.7 Å². The van der Waals surface area contributed by atoms with Crippen LogP contribution < -0.4 is 14.2 Å². The molecule has 0 bridgehead atoms. The van der Waals surface area contributed by atoms with Crippen LogP contribution >= 0.6 is 0 Å². The average molecular weight is 398 g/mol. The Morgan fingerprint density at radius 2 is 1.79 bits per heavy atom. The molecule has 0 radical (unpaired) electrons. The Morgan fingerprint density at radius 1 is 1.07 bits per heavy atom. The Labute approximate surface area is 163 Å². The van der Waals surface area contributed by atoms with E-state index in [2.05, 4.69) is 14.7 Å². The first kappa shape index (κ1) is 18.2. The lowest BCUT2D eigenvalue weighted by Gasteiger charge is -2.11. The fraction of sp³-hybridized carbons (Fsp3) is 0.158. The summed E-state index contributed by atoms with van der Waals surface area (Å²) >= 11 is -2.09. The lowest BCUT2D eigenvalue weighted by molar-refractivity contribution is 0.356. The highest BCUT2D eigenvalue weighted by Crippen LogP contribution is 2.34. The molecular weight excluding hydrogens is 380 g/mol. The van der Waals surface area contributed by atoms with E-state index in [1.165, 1.54) is 0 Å². The van der Waals surface area contributed by atoms with Crippen molar-refractivity contribution in [1.82, 2.24) is 14.5 Å². The minimum Gasteiger partial charge on any atom is -0.493 e. The molecule has 28 heavy (non-hydrogen) atoms. The largest absolute Gasteiger partial charge is 0.493 e. The molecule has 9 heteroatoms. The molecule has 4 aromatic rings. The first-order valence-corrected chi connectivity index (χ1v) is 9.51. The van der Waals surface area contributed by atoms with Crippen LogP contribution in [0.1, 0.15) is 5.56 Å². The first-order chi connectivity index (χ1) is 13.6. The summed E-state index contributed by atoms with van der Waals surface area (Å²) in [5.41, 5.74) is 4.13. The van der Waals surface area contributed by atoms with E-state index < -0.39 is 11.3 Å². The van der Waals surface area contributed by atoms with Crippen LogP contribution in [0, 0.1) is 0 Å². The molecule has 2 heterocycles. The topological polar surface area (TPSA) is 98.5 Å². The molecule has 4 rings (SSSR count). The summed E-state index contributed by atoms with van der Waals surface area (Å²) in [6.07, 6.45) is 3.51. The van der Waals surface area contributed by atoms with E-state index in [1.54, 1.807) is 38.9 Å². The Bertz CT molecular complexity index is 1170. The van der Waals surface area contributed by atoms with Crippen molar-refractivity contribution in [2.75, 3.05) is 18.9 Å². The lowest BCUT2D eigenvalue weighted by atomic mass is 10.1. The number of rotatable bonds is 6. The van der Waals surface area contributed by atoms with E-state index in [0.717, 1.165) is 27.5 Å². The van der Waals surface area contributed by atoms with Gasteiger partial charge in [-0.3, -0.25) is 14.3 Å². The molecule has 0 aliphatic heterocycles. The van der Waals surface area contributed by atoms with Crippen LogP contribution in [0.25, 0.3) is 21.9 Å². The quantitative estimate of drug-likeness (QED) is 0.484. The van der Waals surface area contributed by atoms with Crippen molar-refractivity contribution >= 4 is 38.9 Å². The van der Waals surface area contributed by atoms with Crippen molar-refractivity contribution in [2.24, 2.45) is 0 Å². The maximum absolute atomic E-state index is 10.8. The van der Waals surface area contributed by atoms with Crippen LogP contribution in [0.2, 0.25) is 0 Å². The van der Waals surface area contributed by atoms with Gasteiger partial charge in [-0.1, -0.05) is 12.1 Å². The van der Waals surface area contributed by atoms with Gasteiger partial charge >= 0.3 is 0 Å². The van der Waals surface area contributed by atoms with Crippen molar-refractivity contribution in [3.05, 3.63) is 54.5 Å². The minimum absolute atomic E-state index is 0.576. The highest BCUT2D eigenvalue weighted by molar-refractivity contribution is 7.80. The summed E-state index contributed by atoms with van der Waals surface area (Å²) in [5.74, 6) is 1.25. The molecule has 2 aromatic heterocycles. The van der Waals surface area contributed by atoms with E-state index in [4.69, 9.17) is 14.0 Å². The minimum atomic E-state index is -2.09. The summed E-state index contributed by atoms with van der Waals surface area (Å²) in [6.45, 7) is 0.590. The Morgan fingerprint density at radius 3 is 2.46 bits per heavy atom. The molecule has 0 aliphatic carbocycles. The zero-order chi connectivity index (χ0) is 19.7. The maximum Gasteiger partial charge on any atom is 0.259 e. The van der Waals surface area contributed by atoms with Crippen molar-refractivity contribution in [3.8, 4) is 11.5 Å². The molecule has 0 saturated heterocycles. The Balaban J connectivity index is 1.77. The molecule has 0 spiro atoms. The number of imidazole rings is 1. The number of pyridine rings is 1. The molecule has 8 nitrogen and oxygen atoms in total. The third-order valence-corrected chi connectivity index (χ3v) is 4.87. The van der Waals surface area contributed by atoms with Crippen LogP contribution in [-0.4, -0.2) is 37.5 Å². The van der Waals surface area contributed by atoms with E-state index >= 15 is 0 Å². The molecule has 1 unspecified atom stereocenters. The zero-order valence-electron chi connectivity index (χ0n) is 15.2. The van der Waals surface area contributed by atoms with E-state index in [-0.39, 0.29) is 0 Å². The van der Waals surface area contributed by atoms with E-state index in [0.29, 0.717) is 23.7 Å². The van der Waals surface area contributed by atoms with Gasteiger partial charge in [0.05, 0.1) is 37.8 Å². The zero-order valence-corrected chi connectivity index (χ0v) is 16.1. The fourth-order valence-electron chi connectivity index (χ4n) is 3.18. The summed E-state index contributed by atoms with van der Waals surface area (Å²) in [6, 6.07) is 11.1. The number of anilines is 1. The van der Waals surface area contributed by atoms with Crippen LogP contribution in [-0.2, 0) is 17.8 Å².